The Labute approximate surface area is 88.4 Å². The van der Waals surface area contributed by atoms with Gasteiger partial charge in [0.25, 0.3) is 0 Å². The lowest BCUT2D eigenvalue weighted by molar-refractivity contribution is 0.151. The van der Waals surface area contributed by atoms with Gasteiger partial charge in [0.05, 0.1) is 16.6 Å². The highest BCUT2D eigenvalue weighted by molar-refractivity contribution is 5.77. The second-order valence-corrected chi connectivity index (χ2v) is 4.45. The smallest absolute Gasteiger partial charge is 0.106 e. The van der Waals surface area contributed by atoms with Gasteiger partial charge in [-0.05, 0) is 37.5 Å². The molecular formula is C12H14N2O. The molecule has 0 amide bonds. The van der Waals surface area contributed by atoms with Gasteiger partial charge in [-0.2, -0.15) is 0 Å². The molecule has 1 heterocycles. The van der Waals surface area contributed by atoms with Crippen LogP contribution >= 0.6 is 0 Å². The summed E-state index contributed by atoms with van der Waals surface area (Å²) < 4.78 is 2.06. The van der Waals surface area contributed by atoms with Crippen molar-refractivity contribution in [1.82, 2.24) is 9.55 Å². The molecule has 3 nitrogen and oxygen atoms in total. The molecule has 3 rings (SSSR count). The zero-order valence-corrected chi connectivity index (χ0v) is 8.99. The van der Waals surface area contributed by atoms with Crippen LogP contribution in [0.5, 0.6) is 0 Å². The summed E-state index contributed by atoms with van der Waals surface area (Å²) in [5, 5.41) is 10.0. The Hall–Kier alpha value is -1.35. The highest BCUT2D eigenvalue weighted by Crippen LogP contribution is 2.45. The summed E-state index contributed by atoms with van der Waals surface area (Å²) in [5.41, 5.74) is 2.58. The number of imidazole rings is 1. The number of rotatable bonds is 1. The molecule has 1 fully saturated rings. The minimum absolute atomic E-state index is 0.549. The molecule has 0 spiro atoms. The molecule has 0 radical (unpaired) electrons. The Balaban J connectivity index is 2.25. The molecule has 1 aliphatic rings. The van der Waals surface area contributed by atoms with Gasteiger partial charge < -0.3 is 9.67 Å². The Morgan fingerprint density at radius 1 is 1.40 bits per heavy atom. The number of hydrogen-bond donors (Lipinski definition) is 1. The van der Waals surface area contributed by atoms with Gasteiger partial charge in [0.1, 0.15) is 5.82 Å². The first-order chi connectivity index (χ1) is 7.10. The van der Waals surface area contributed by atoms with Crippen molar-refractivity contribution in [2.45, 2.75) is 25.4 Å². The molecule has 1 aromatic carbocycles. The van der Waals surface area contributed by atoms with E-state index in [9.17, 15) is 5.11 Å². The van der Waals surface area contributed by atoms with Crippen LogP contribution in [-0.4, -0.2) is 14.7 Å². The van der Waals surface area contributed by atoms with E-state index in [0.29, 0.717) is 0 Å². The van der Waals surface area contributed by atoms with E-state index in [4.69, 9.17) is 0 Å². The van der Waals surface area contributed by atoms with Crippen molar-refractivity contribution in [3.63, 3.8) is 0 Å². The van der Waals surface area contributed by atoms with Crippen LogP contribution in [0.1, 0.15) is 24.2 Å². The average molecular weight is 202 g/mol. The molecule has 78 valence electrons. The van der Waals surface area contributed by atoms with Gasteiger partial charge in [0, 0.05) is 7.05 Å². The van der Waals surface area contributed by atoms with Crippen LogP contribution in [0.2, 0.25) is 0 Å². The van der Waals surface area contributed by atoms with Gasteiger partial charge >= 0.3 is 0 Å². The summed E-state index contributed by atoms with van der Waals surface area (Å²) in [5.74, 6) is 1.00. The van der Waals surface area contributed by atoms with E-state index in [2.05, 4.69) is 15.6 Å². The van der Waals surface area contributed by atoms with E-state index >= 15 is 0 Å². The van der Waals surface area contributed by atoms with Crippen LogP contribution in [0.3, 0.4) is 0 Å². The quantitative estimate of drug-likeness (QED) is 0.766. The average Bonchev–Trinajstić information content (AvgIpc) is 2.90. The number of hydrogen-bond acceptors (Lipinski definition) is 2. The van der Waals surface area contributed by atoms with Crippen LogP contribution in [-0.2, 0) is 12.6 Å². The highest BCUT2D eigenvalue weighted by atomic mass is 16.3. The number of nitrogens with zero attached hydrogens (tertiary/aromatic N) is 2. The minimum Gasteiger partial charge on any atom is -0.385 e. The molecule has 1 aliphatic carbocycles. The third kappa shape index (κ3) is 1.20. The summed E-state index contributed by atoms with van der Waals surface area (Å²) in [6, 6.07) is 6.04. The second-order valence-electron chi connectivity index (χ2n) is 4.45. The van der Waals surface area contributed by atoms with Crippen molar-refractivity contribution in [2.24, 2.45) is 7.05 Å². The molecule has 0 bridgehead atoms. The SMILES string of the molecule is Cc1nc2ccc(C3(O)CC3)cc2n1C. The largest absolute Gasteiger partial charge is 0.385 e. The van der Waals surface area contributed by atoms with Crippen molar-refractivity contribution >= 4 is 11.0 Å². The Kier molecular flexibility index (Phi) is 1.55. The summed E-state index contributed by atoms with van der Waals surface area (Å²) in [7, 11) is 2.01. The normalized spacial score (nSPS) is 18.3. The molecule has 0 unspecified atom stereocenters. The number of benzene rings is 1. The second kappa shape index (κ2) is 2.61. The van der Waals surface area contributed by atoms with Crippen LogP contribution in [0.15, 0.2) is 18.2 Å². The highest BCUT2D eigenvalue weighted by Gasteiger charge is 2.42. The van der Waals surface area contributed by atoms with E-state index in [-0.39, 0.29) is 0 Å². The zero-order valence-electron chi connectivity index (χ0n) is 8.99. The van der Waals surface area contributed by atoms with Gasteiger partial charge in [-0.25, -0.2) is 4.98 Å². The fourth-order valence-corrected chi connectivity index (χ4v) is 2.01. The molecule has 15 heavy (non-hydrogen) atoms. The van der Waals surface area contributed by atoms with Gasteiger partial charge in [-0.3, -0.25) is 0 Å². The van der Waals surface area contributed by atoms with Crippen LogP contribution in [0.4, 0.5) is 0 Å². The van der Waals surface area contributed by atoms with Gasteiger partial charge in [-0.15, -0.1) is 0 Å². The minimum atomic E-state index is -0.549. The number of fused-ring (bicyclic) bond motifs is 1. The van der Waals surface area contributed by atoms with Crippen LogP contribution in [0.25, 0.3) is 11.0 Å². The number of aromatic nitrogens is 2. The Morgan fingerprint density at radius 2 is 2.13 bits per heavy atom. The summed E-state index contributed by atoms with van der Waals surface area (Å²) in [4.78, 5) is 4.44. The van der Waals surface area contributed by atoms with Crippen molar-refractivity contribution in [3.8, 4) is 0 Å². The summed E-state index contributed by atoms with van der Waals surface area (Å²) >= 11 is 0. The molecule has 0 aliphatic heterocycles. The first-order valence-electron chi connectivity index (χ1n) is 5.26. The standard InChI is InChI=1S/C12H14N2O/c1-8-13-10-4-3-9(12(15)5-6-12)7-11(10)14(8)2/h3-4,7,15H,5-6H2,1-2H3. The van der Waals surface area contributed by atoms with Crippen molar-refractivity contribution in [3.05, 3.63) is 29.6 Å². The lowest BCUT2D eigenvalue weighted by atomic mass is 10.1. The van der Waals surface area contributed by atoms with Crippen LogP contribution in [0, 0.1) is 6.92 Å². The summed E-state index contributed by atoms with van der Waals surface area (Å²) in [6.45, 7) is 1.99. The van der Waals surface area contributed by atoms with E-state index in [1.807, 2.05) is 26.1 Å². The number of aliphatic hydroxyl groups is 1. The number of aryl methyl sites for hydroxylation is 2. The first kappa shape index (κ1) is 8.92. The van der Waals surface area contributed by atoms with Crippen LogP contribution < -0.4 is 0 Å². The third-order valence-electron chi connectivity index (χ3n) is 3.37. The van der Waals surface area contributed by atoms with Crippen molar-refractivity contribution < 1.29 is 5.11 Å². The maximum Gasteiger partial charge on any atom is 0.106 e. The van der Waals surface area contributed by atoms with E-state index < -0.39 is 5.60 Å². The lowest BCUT2D eigenvalue weighted by Gasteiger charge is -2.07. The Bertz CT molecular complexity index is 538. The summed E-state index contributed by atoms with van der Waals surface area (Å²) in [6.07, 6.45) is 1.77. The topological polar surface area (TPSA) is 38.1 Å². The van der Waals surface area contributed by atoms with E-state index in [1.165, 1.54) is 0 Å². The fourth-order valence-electron chi connectivity index (χ4n) is 2.01. The van der Waals surface area contributed by atoms with Gasteiger partial charge in [-0.1, -0.05) is 6.07 Å². The fraction of sp³-hybridized carbons (Fsp3) is 0.417. The maximum atomic E-state index is 10.0. The first-order valence-corrected chi connectivity index (χ1v) is 5.26. The molecule has 1 saturated carbocycles. The lowest BCUT2D eigenvalue weighted by Crippen LogP contribution is -2.03. The van der Waals surface area contributed by atoms with Crippen molar-refractivity contribution in [1.29, 1.82) is 0 Å². The molecule has 1 aromatic heterocycles. The van der Waals surface area contributed by atoms with Crippen molar-refractivity contribution in [2.75, 3.05) is 0 Å². The molecule has 0 saturated heterocycles. The zero-order chi connectivity index (χ0) is 10.6. The molecule has 1 N–H and O–H groups in total. The molecule has 0 atom stereocenters. The van der Waals surface area contributed by atoms with Gasteiger partial charge in [0.15, 0.2) is 0 Å². The van der Waals surface area contributed by atoms with E-state index in [0.717, 1.165) is 35.3 Å². The maximum absolute atomic E-state index is 10.0. The monoisotopic (exact) mass is 202 g/mol. The van der Waals surface area contributed by atoms with Gasteiger partial charge in [0.2, 0.25) is 0 Å². The van der Waals surface area contributed by atoms with E-state index in [1.54, 1.807) is 0 Å². The molecular weight excluding hydrogens is 188 g/mol. The Morgan fingerprint density at radius 3 is 2.80 bits per heavy atom. The molecule has 3 heteroatoms. The predicted molar refractivity (Wildman–Crippen MR) is 58.6 cm³/mol. The third-order valence-corrected chi connectivity index (χ3v) is 3.37. The molecule has 2 aromatic rings. The predicted octanol–water partition coefficient (Wildman–Crippen LogP) is 1.86.